The Morgan fingerprint density at radius 3 is 2.53 bits per heavy atom. The number of hydrogen-bond acceptors (Lipinski definition) is 5. The van der Waals surface area contributed by atoms with Gasteiger partial charge in [-0.15, -0.1) is 0 Å². The smallest absolute Gasteiger partial charge is 0.297 e. The third-order valence-electron chi connectivity index (χ3n) is 5.01. The number of aromatic nitrogens is 2. The van der Waals surface area contributed by atoms with Crippen LogP contribution in [-0.4, -0.2) is 31.6 Å². The number of nitrogens with one attached hydrogen (secondary N) is 2. The molecule has 2 N–H and O–H groups in total. The molecule has 1 aliphatic heterocycles. The number of aliphatic imine (C=N–C) groups is 1. The van der Waals surface area contributed by atoms with E-state index in [1.165, 1.54) is 4.68 Å². The van der Waals surface area contributed by atoms with Gasteiger partial charge in [0.15, 0.2) is 10.9 Å². The third kappa shape index (κ3) is 4.56. The van der Waals surface area contributed by atoms with E-state index < -0.39 is 5.25 Å². The summed E-state index contributed by atoms with van der Waals surface area (Å²) in [6, 6.07) is 16.4. The molecule has 1 aromatic heterocycles. The minimum atomic E-state index is -0.621. The number of amidine groups is 1. The Morgan fingerprint density at radius 1 is 1.16 bits per heavy atom. The van der Waals surface area contributed by atoms with Gasteiger partial charge in [0.25, 0.3) is 5.56 Å². The molecule has 2 aromatic carbocycles. The molecule has 0 aliphatic carbocycles. The van der Waals surface area contributed by atoms with E-state index in [9.17, 15) is 14.4 Å². The minimum Gasteiger partial charge on any atom is -0.326 e. The average molecular weight is 514 g/mol. The number of anilines is 1. The number of rotatable bonds is 5. The maximum Gasteiger partial charge on any atom is 0.297 e. The number of para-hydroxylation sites is 1. The highest BCUT2D eigenvalue weighted by molar-refractivity contribution is 9.10. The molecular formula is C22H20BrN5O3S. The zero-order valence-electron chi connectivity index (χ0n) is 17.3. The fraction of sp³-hybridized carbons (Fsp3) is 0.182. The lowest BCUT2D eigenvalue weighted by Crippen LogP contribution is -2.28. The number of hydrogen-bond donors (Lipinski definition) is 2. The van der Waals surface area contributed by atoms with Crippen molar-refractivity contribution < 1.29 is 9.59 Å². The molecular weight excluding hydrogens is 494 g/mol. The first-order valence-corrected chi connectivity index (χ1v) is 11.5. The van der Waals surface area contributed by atoms with Gasteiger partial charge in [-0.2, -0.15) is 0 Å². The Bertz CT molecular complexity index is 1270. The second-order valence-corrected chi connectivity index (χ2v) is 9.29. The van der Waals surface area contributed by atoms with Crippen LogP contribution in [0.4, 0.5) is 11.4 Å². The van der Waals surface area contributed by atoms with Gasteiger partial charge in [0.05, 0.1) is 11.4 Å². The largest absolute Gasteiger partial charge is 0.326 e. The molecule has 1 aliphatic rings. The molecule has 1 atom stereocenters. The highest BCUT2D eigenvalue weighted by Gasteiger charge is 2.32. The van der Waals surface area contributed by atoms with Crippen molar-refractivity contribution in [3.63, 3.8) is 0 Å². The fourth-order valence-corrected chi connectivity index (χ4v) is 4.53. The number of carbonyl (C=O) groups excluding carboxylic acids is 2. The summed E-state index contributed by atoms with van der Waals surface area (Å²) in [5.41, 5.74) is 2.00. The normalized spacial score (nSPS) is 16.9. The first-order valence-electron chi connectivity index (χ1n) is 9.79. The molecule has 0 spiro atoms. The van der Waals surface area contributed by atoms with E-state index in [-0.39, 0.29) is 29.5 Å². The van der Waals surface area contributed by atoms with Crippen molar-refractivity contribution in [3.05, 3.63) is 75.1 Å². The van der Waals surface area contributed by atoms with Crippen LogP contribution in [0.1, 0.15) is 12.1 Å². The lowest BCUT2D eigenvalue weighted by Gasteiger charge is -2.07. The van der Waals surface area contributed by atoms with Gasteiger partial charge in [-0.05, 0) is 43.3 Å². The number of nitrogens with zero attached hydrogens (tertiary/aromatic N) is 3. The molecule has 1 saturated heterocycles. The van der Waals surface area contributed by atoms with Gasteiger partial charge < -0.3 is 10.6 Å². The third-order valence-corrected chi connectivity index (χ3v) is 6.62. The van der Waals surface area contributed by atoms with E-state index in [0.717, 1.165) is 21.9 Å². The van der Waals surface area contributed by atoms with Crippen LogP contribution >= 0.6 is 27.7 Å². The number of amides is 2. The monoisotopic (exact) mass is 513 g/mol. The standard InChI is InChI=1S/C22H20BrN5O3S/c1-13-19(21(31)28(27(13)2)16-6-4-3-5-7-16)25-22-26-20(30)17(32-22)12-18(29)24-15-10-8-14(23)9-11-15/h3-11,17H,12H2,1-2H3,(H,24,29)(H,25,26,30)/t17-/m0/s1. The van der Waals surface area contributed by atoms with Crippen LogP contribution in [0.25, 0.3) is 5.69 Å². The molecule has 0 bridgehead atoms. The SMILES string of the molecule is Cc1c(N=C2NC(=O)[C@H](CC(=O)Nc3ccc(Br)cc3)S2)c(=O)n(-c2ccccc2)n1C. The van der Waals surface area contributed by atoms with Gasteiger partial charge in [0, 0.05) is 23.6 Å². The average Bonchev–Trinajstić information content (AvgIpc) is 3.21. The van der Waals surface area contributed by atoms with Gasteiger partial charge in [-0.1, -0.05) is 45.9 Å². The van der Waals surface area contributed by atoms with E-state index in [4.69, 9.17) is 0 Å². The van der Waals surface area contributed by atoms with Crippen molar-refractivity contribution in [2.75, 3.05) is 5.32 Å². The van der Waals surface area contributed by atoms with Gasteiger partial charge in [0.1, 0.15) is 5.25 Å². The van der Waals surface area contributed by atoms with Crippen LogP contribution in [0, 0.1) is 6.92 Å². The lowest BCUT2D eigenvalue weighted by atomic mass is 10.2. The summed E-state index contributed by atoms with van der Waals surface area (Å²) < 4.78 is 4.16. The topological polar surface area (TPSA) is 97.5 Å². The molecule has 8 nitrogen and oxygen atoms in total. The zero-order valence-corrected chi connectivity index (χ0v) is 19.7. The van der Waals surface area contributed by atoms with Crippen LogP contribution in [0.3, 0.4) is 0 Å². The summed E-state index contributed by atoms with van der Waals surface area (Å²) in [7, 11) is 1.78. The van der Waals surface area contributed by atoms with Gasteiger partial charge in [-0.25, -0.2) is 9.67 Å². The molecule has 2 heterocycles. The van der Waals surface area contributed by atoms with E-state index in [1.807, 2.05) is 42.5 Å². The van der Waals surface area contributed by atoms with Crippen LogP contribution in [0.5, 0.6) is 0 Å². The molecule has 10 heteroatoms. The maximum atomic E-state index is 13.0. The second kappa shape index (κ2) is 9.17. The molecule has 3 aromatic rings. The molecule has 1 fully saturated rings. The highest BCUT2D eigenvalue weighted by atomic mass is 79.9. The Kier molecular flexibility index (Phi) is 6.33. The van der Waals surface area contributed by atoms with E-state index >= 15 is 0 Å². The first kappa shape index (κ1) is 22.1. The Hall–Kier alpha value is -3.11. The fourth-order valence-electron chi connectivity index (χ4n) is 3.29. The Morgan fingerprint density at radius 2 is 1.84 bits per heavy atom. The lowest BCUT2D eigenvalue weighted by molar-refractivity contribution is -0.122. The summed E-state index contributed by atoms with van der Waals surface area (Å²) in [4.78, 5) is 42.2. The molecule has 4 rings (SSSR count). The number of carbonyl (C=O) groups is 2. The molecule has 0 saturated carbocycles. The quantitative estimate of drug-likeness (QED) is 0.545. The van der Waals surface area contributed by atoms with E-state index in [1.54, 1.807) is 30.8 Å². The summed E-state index contributed by atoms with van der Waals surface area (Å²) in [6.07, 6.45) is -0.00635. The molecule has 164 valence electrons. The summed E-state index contributed by atoms with van der Waals surface area (Å²) in [5, 5.41) is 5.15. The van der Waals surface area contributed by atoms with Gasteiger partial charge in [0.2, 0.25) is 11.8 Å². The number of benzene rings is 2. The minimum absolute atomic E-state index is 0.00635. The Labute approximate surface area is 196 Å². The molecule has 2 amide bonds. The van der Waals surface area contributed by atoms with Crippen LogP contribution in [0.2, 0.25) is 0 Å². The highest BCUT2D eigenvalue weighted by Crippen LogP contribution is 2.26. The summed E-state index contributed by atoms with van der Waals surface area (Å²) in [5.74, 6) is -0.583. The predicted molar refractivity (Wildman–Crippen MR) is 130 cm³/mol. The first-order chi connectivity index (χ1) is 15.3. The van der Waals surface area contributed by atoms with E-state index in [0.29, 0.717) is 16.5 Å². The van der Waals surface area contributed by atoms with Crippen LogP contribution < -0.4 is 16.2 Å². The van der Waals surface area contributed by atoms with Crippen molar-refractivity contribution in [3.8, 4) is 5.69 Å². The van der Waals surface area contributed by atoms with Crippen molar-refractivity contribution in [2.24, 2.45) is 12.0 Å². The van der Waals surface area contributed by atoms with E-state index in [2.05, 4.69) is 31.6 Å². The van der Waals surface area contributed by atoms with Crippen LogP contribution in [-0.2, 0) is 16.6 Å². The van der Waals surface area contributed by atoms with Gasteiger partial charge >= 0.3 is 0 Å². The predicted octanol–water partition coefficient (Wildman–Crippen LogP) is 3.49. The summed E-state index contributed by atoms with van der Waals surface area (Å²) in [6.45, 7) is 1.80. The van der Waals surface area contributed by atoms with Crippen molar-refractivity contribution in [2.45, 2.75) is 18.6 Å². The number of thioether (sulfide) groups is 1. The van der Waals surface area contributed by atoms with Crippen molar-refractivity contribution >= 4 is 56.0 Å². The molecule has 32 heavy (non-hydrogen) atoms. The zero-order chi connectivity index (χ0) is 22.8. The Balaban J connectivity index is 1.51. The maximum absolute atomic E-state index is 13.0. The molecule has 0 radical (unpaired) electrons. The molecule has 0 unspecified atom stereocenters. The summed E-state index contributed by atoms with van der Waals surface area (Å²) >= 11 is 4.49. The van der Waals surface area contributed by atoms with Crippen LogP contribution in [0.15, 0.2) is 68.9 Å². The van der Waals surface area contributed by atoms with Crippen molar-refractivity contribution in [1.82, 2.24) is 14.7 Å². The number of halogens is 1. The second-order valence-electron chi connectivity index (χ2n) is 7.18. The van der Waals surface area contributed by atoms with Crippen molar-refractivity contribution in [1.29, 1.82) is 0 Å². The van der Waals surface area contributed by atoms with Gasteiger partial charge in [-0.3, -0.25) is 19.1 Å².